The Morgan fingerprint density at radius 2 is 1.77 bits per heavy atom. The molecule has 1 fully saturated rings. The lowest BCUT2D eigenvalue weighted by molar-refractivity contribution is 0.628. The first-order valence-corrected chi connectivity index (χ1v) is 7.98. The number of benzene rings is 1. The summed E-state index contributed by atoms with van der Waals surface area (Å²) in [5.74, 6) is -0.230. The number of anilines is 1. The summed E-state index contributed by atoms with van der Waals surface area (Å²) in [7, 11) is 0. The summed E-state index contributed by atoms with van der Waals surface area (Å²) < 4.78 is 13.0. The highest BCUT2D eigenvalue weighted by Gasteiger charge is 2.16. The van der Waals surface area contributed by atoms with Crippen LogP contribution >= 0.6 is 0 Å². The molecule has 0 atom stereocenters. The number of pyridine rings is 1. The van der Waals surface area contributed by atoms with Crippen molar-refractivity contribution >= 4 is 5.69 Å². The zero-order valence-electron chi connectivity index (χ0n) is 13.3. The Labute approximate surface area is 132 Å². The first-order valence-electron chi connectivity index (χ1n) is 7.98. The van der Waals surface area contributed by atoms with Gasteiger partial charge in [-0.15, -0.1) is 0 Å². The smallest absolute Gasteiger partial charge is 0.123 e. The zero-order chi connectivity index (χ0) is 15.9. The van der Waals surface area contributed by atoms with E-state index in [0.29, 0.717) is 6.54 Å². The largest absolute Gasteiger partial charge is 0.371 e. The van der Waals surface area contributed by atoms with Crippen molar-refractivity contribution in [3.05, 3.63) is 47.9 Å². The van der Waals surface area contributed by atoms with Crippen LogP contribution in [0.4, 0.5) is 10.1 Å². The van der Waals surface area contributed by atoms with Gasteiger partial charge in [0.25, 0.3) is 0 Å². The van der Waals surface area contributed by atoms with Crippen molar-refractivity contribution in [1.82, 2.24) is 4.98 Å². The van der Waals surface area contributed by atoms with E-state index >= 15 is 0 Å². The van der Waals surface area contributed by atoms with Crippen molar-refractivity contribution in [2.45, 2.75) is 33.2 Å². The van der Waals surface area contributed by atoms with Crippen molar-refractivity contribution < 1.29 is 4.39 Å². The Kier molecular flexibility index (Phi) is 5.90. The highest BCUT2D eigenvalue weighted by atomic mass is 19.1. The summed E-state index contributed by atoms with van der Waals surface area (Å²) in [6, 6.07) is 8.51. The third-order valence-electron chi connectivity index (χ3n) is 3.77. The van der Waals surface area contributed by atoms with Crippen molar-refractivity contribution in [2.24, 2.45) is 5.73 Å². The topological polar surface area (TPSA) is 42.1 Å². The first-order chi connectivity index (χ1) is 10.8. The minimum Gasteiger partial charge on any atom is -0.371 e. The van der Waals surface area contributed by atoms with Crippen LogP contribution in [0.5, 0.6) is 0 Å². The van der Waals surface area contributed by atoms with Gasteiger partial charge in [0, 0.05) is 42.6 Å². The van der Waals surface area contributed by atoms with Gasteiger partial charge in [-0.2, -0.15) is 0 Å². The molecule has 0 amide bonds. The molecular weight excluding hydrogens is 277 g/mol. The van der Waals surface area contributed by atoms with E-state index < -0.39 is 0 Å². The Bertz CT molecular complexity index is 590. The van der Waals surface area contributed by atoms with Crippen LogP contribution in [0.15, 0.2) is 36.5 Å². The molecule has 3 rings (SSSR count). The van der Waals surface area contributed by atoms with Crippen LogP contribution < -0.4 is 10.6 Å². The molecule has 3 nitrogen and oxygen atoms in total. The summed E-state index contributed by atoms with van der Waals surface area (Å²) >= 11 is 0. The maximum atomic E-state index is 13.0. The molecule has 0 aliphatic carbocycles. The summed E-state index contributed by atoms with van der Waals surface area (Å²) in [6.07, 6.45) is 4.28. The number of hydrogen-bond donors (Lipinski definition) is 1. The molecule has 2 heterocycles. The second-order valence-electron chi connectivity index (χ2n) is 5.10. The number of nitrogens with two attached hydrogens (primary N) is 1. The van der Waals surface area contributed by atoms with Crippen molar-refractivity contribution in [3.63, 3.8) is 0 Å². The molecule has 0 bridgehead atoms. The lowest BCUT2D eigenvalue weighted by Crippen LogP contribution is -2.20. The molecular formula is C18H24FN3. The van der Waals surface area contributed by atoms with Crippen molar-refractivity contribution in [1.29, 1.82) is 0 Å². The molecule has 1 aromatic carbocycles. The van der Waals surface area contributed by atoms with E-state index in [1.54, 1.807) is 12.1 Å². The SMILES string of the molecule is CC.NCc1cnc(-c2ccc(F)cc2)cc1N1CCCC1. The third-order valence-corrected chi connectivity index (χ3v) is 3.77. The minimum atomic E-state index is -0.230. The normalized spacial score (nSPS) is 13.7. The Morgan fingerprint density at radius 1 is 1.14 bits per heavy atom. The van der Waals surface area contributed by atoms with Gasteiger partial charge in [0.05, 0.1) is 5.69 Å². The van der Waals surface area contributed by atoms with Gasteiger partial charge >= 0.3 is 0 Å². The fraction of sp³-hybridized carbons (Fsp3) is 0.389. The summed E-state index contributed by atoms with van der Waals surface area (Å²) in [5.41, 5.74) is 9.84. The molecule has 4 heteroatoms. The third kappa shape index (κ3) is 3.63. The quantitative estimate of drug-likeness (QED) is 0.932. The summed E-state index contributed by atoms with van der Waals surface area (Å²) in [6.45, 7) is 6.63. The van der Waals surface area contributed by atoms with E-state index in [2.05, 4.69) is 16.0 Å². The number of halogens is 1. The van der Waals surface area contributed by atoms with E-state index in [0.717, 1.165) is 29.9 Å². The van der Waals surface area contributed by atoms with Crippen molar-refractivity contribution in [3.8, 4) is 11.3 Å². The van der Waals surface area contributed by atoms with Gasteiger partial charge in [0.2, 0.25) is 0 Å². The minimum absolute atomic E-state index is 0.230. The van der Waals surface area contributed by atoms with Gasteiger partial charge in [0.15, 0.2) is 0 Å². The molecule has 1 aliphatic rings. The molecule has 118 valence electrons. The summed E-state index contributed by atoms with van der Waals surface area (Å²) in [4.78, 5) is 6.81. The van der Waals surface area contributed by atoms with Crippen LogP contribution in [-0.4, -0.2) is 18.1 Å². The second kappa shape index (κ2) is 7.90. The molecule has 0 radical (unpaired) electrons. The molecule has 1 aromatic heterocycles. The van der Waals surface area contributed by atoms with Crippen LogP contribution in [0.3, 0.4) is 0 Å². The number of rotatable bonds is 3. The van der Waals surface area contributed by atoms with Gasteiger partial charge in [-0.25, -0.2) is 4.39 Å². The molecule has 0 saturated carbocycles. The highest BCUT2D eigenvalue weighted by molar-refractivity contribution is 5.67. The standard InChI is InChI=1S/C16H18FN3.C2H6/c17-14-5-3-12(4-6-14)15-9-16(13(10-18)11-19-15)20-7-1-2-8-20;1-2/h3-6,9,11H,1-2,7-8,10,18H2;1-2H3. The van der Waals surface area contributed by atoms with Crippen LogP contribution in [0.25, 0.3) is 11.3 Å². The molecule has 2 N–H and O–H groups in total. The fourth-order valence-electron chi connectivity index (χ4n) is 2.66. The van der Waals surface area contributed by atoms with E-state index in [1.165, 1.54) is 30.7 Å². The maximum Gasteiger partial charge on any atom is 0.123 e. The monoisotopic (exact) mass is 301 g/mol. The summed E-state index contributed by atoms with van der Waals surface area (Å²) in [5, 5.41) is 0. The predicted octanol–water partition coefficient (Wildman–Crippen LogP) is 3.97. The van der Waals surface area contributed by atoms with Crippen molar-refractivity contribution in [2.75, 3.05) is 18.0 Å². The van der Waals surface area contributed by atoms with Crippen LogP contribution in [0.2, 0.25) is 0 Å². The second-order valence-corrected chi connectivity index (χ2v) is 5.10. The van der Waals surface area contributed by atoms with Gasteiger partial charge in [-0.1, -0.05) is 13.8 Å². The number of hydrogen-bond acceptors (Lipinski definition) is 3. The fourth-order valence-corrected chi connectivity index (χ4v) is 2.66. The Balaban J connectivity index is 0.000000847. The average Bonchev–Trinajstić information content (AvgIpc) is 3.11. The zero-order valence-corrected chi connectivity index (χ0v) is 13.3. The Hall–Kier alpha value is -1.94. The molecule has 1 saturated heterocycles. The molecule has 0 unspecified atom stereocenters. The predicted molar refractivity (Wildman–Crippen MR) is 90.3 cm³/mol. The number of nitrogens with zero attached hydrogens (tertiary/aromatic N) is 2. The van der Waals surface area contributed by atoms with Crippen LogP contribution in [0, 0.1) is 5.82 Å². The first kappa shape index (κ1) is 16.4. The van der Waals surface area contributed by atoms with Crippen LogP contribution in [0.1, 0.15) is 32.3 Å². The van der Waals surface area contributed by atoms with E-state index in [4.69, 9.17) is 5.73 Å². The lowest BCUT2D eigenvalue weighted by atomic mass is 10.1. The molecule has 0 spiro atoms. The highest BCUT2D eigenvalue weighted by Crippen LogP contribution is 2.28. The molecule has 1 aliphatic heterocycles. The average molecular weight is 301 g/mol. The maximum absolute atomic E-state index is 13.0. The van der Waals surface area contributed by atoms with Gasteiger partial charge in [-0.3, -0.25) is 4.98 Å². The Morgan fingerprint density at radius 3 is 2.36 bits per heavy atom. The van der Waals surface area contributed by atoms with Crippen LogP contribution in [-0.2, 0) is 6.54 Å². The van der Waals surface area contributed by atoms with E-state index in [9.17, 15) is 4.39 Å². The molecule has 2 aromatic rings. The van der Waals surface area contributed by atoms with E-state index in [-0.39, 0.29) is 5.82 Å². The van der Waals surface area contributed by atoms with Gasteiger partial charge in [0.1, 0.15) is 5.82 Å². The van der Waals surface area contributed by atoms with Gasteiger partial charge in [-0.05, 0) is 43.2 Å². The van der Waals surface area contributed by atoms with E-state index in [1.807, 2.05) is 20.0 Å². The molecule has 22 heavy (non-hydrogen) atoms. The van der Waals surface area contributed by atoms with Gasteiger partial charge < -0.3 is 10.6 Å². The number of aromatic nitrogens is 1. The lowest BCUT2D eigenvalue weighted by Gasteiger charge is -2.21.